The molecule has 6 N–H and O–H groups in total. The van der Waals surface area contributed by atoms with Crippen LogP contribution >= 0.6 is 0 Å². The molecular formula is C20H22NiO10. The Morgan fingerprint density at radius 2 is 0.968 bits per heavy atom. The van der Waals surface area contributed by atoms with Gasteiger partial charge < -0.3 is 50.4 Å². The Hall–Kier alpha value is -3.33. The predicted molar refractivity (Wildman–Crippen MR) is 99.5 cm³/mol. The van der Waals surface area contributed by atoms with Crippen molar-refractivity contribution in [1.82, 2.24) is 0 Å². The predicted octanol–water partition coefficient (Wildman–Crippen LogP) is 0.236. The van der Waals surface area contributed by atoms with Crippen LogP contribution in [0.4, 0.5) is 0 Å². The van der Waals surface area contributed by atoms with E-state index >= 15 is 0 Å². The molecule has 0 amide bonds. The van der Waals surface area contributed by atoms with Gasteiger partial charge in [0.05, 0.1) is 11.9 Å². The minimum absolute atomic E-state index is 0. The average Bonchev–Trinajstić information content (AvgIpc) is 2.68. The van der Waals surface area contributed by atoms with Gasteiger partial charge in [0.15, 0.2) is 23.0 Å². The molecule has 2 aromatic carbocycles. The molecule has 31 heavy (non-hydrogen) atoms. The van der Waals surface area contributed by atoms with Crippen LogP contribution in [0.15, 0.2) is 12.1 Å². The van der Waals surface area contributed by atoms with Gasteiger partial charge in [-0.05, 0) is 25.0 Å². The third kappa shape index (κ3) is 6.32. The van der Waals surface area contributed by atoms with Crippen LogP contribution in [0.1, 0.15) is 58.5 Å². The summed E-state index contributed by atoms with van der Waals surface area (Å²) in [5, 5.41) is 76.9. The molecule has 0 aliphatic heterocycles. The number of carbonyl (C=O) groups is 2. The van der Waals surface area contributed by atoms with Crippen molar-refractivity contribution in [2.75, 3.05) is 0 Å². The molecule has 0 fully saturated rings. The molecule has 0 saturated carbocycles. The molecule has 0 unspecified atom stereocenters. The summed E-state index contributed by atoms with van der Waals surface area (Å²) in [4.78, 5) is 21.4. The topological polar surface area (TPSA) is 202 Å². The number of hydrogen-bond acceptors (Lipinski definition) is 10. The summed E-state index contributed by atoms with van der Waals surface area (Å²) in [6.07, 6.45) is 1.75. The average molecular weight is 481 g/mol. The molecule has 0 aliphatic carbocycles. The number of carboxylic acid groups (broad SMARTS) is 2. The summed E-state index contributed by atoms with van der Waals surface area (Å²) < 4.78 is 0. The van der Waals surface area contributed by atoms with Crippen LogP contribution in [-0.2, 0) is 29.3 Å². The van der Waals surface area contributed by atoms with E-state index in [0.717, 1.165) is 12.1 Å². The Bertz CT molecular complexity index is 878. The van der Waals surface area contributed by atoms with Crippen LogP contribution in [0.5, 0.6) is 34.5 Å². The van der Waals surface area contributed by atoms with Gasteiger partial charge in [-0.3, -0.25) is 0 Å². The SMILES string of the molecule is CCCc1c(C(=O)[O-])cc(O)c(O)c1O.CCCc1c(C(=O)[O-])cc(O)c(O)c1O.[Ni+2]. The molecule has 0 aliphatic rings. The Kier molecular flexibility index (Phi) is 10.5. The molecule has 0 atom stereocenters. The van der Waals surface area contributed by atoms with Crippen molar-refractivity contribution < 1.29 is 66.9 Å². The number of aromatic carboxylic acids is 2. The minimum Gasteiger partial charge on any atom is -0.545 e. The molecule has 2 aromatic rings. The van der Waals surface area contributed by atoms with Crippen molar-refractivity contribution >= 4 is 11.9 Å². The molecule has 11 heteroatoms. The summed E-state index contributed by atoms with van der Waals surface area (Å²) in [5.74, 6) is -6.95. The van der Waals surface area contributed by atoms with E-state index < -0.39 is 46.4 Å². The van der Waals surface area contributed by atoms with Crippen molar-refractivity contribution in [3.05, 3.63) is 34.4 Å². The smallest absolute Gasteiger partial charge is 0.545 e. The van der Waals surface area contributed by atoms with E-state index in [2.05, 4.69) is 0 Å². The first kappa shape index (κ1) is 27.7. The Labute approximate surface area is 187 Å². The molecule has 10 nitrogen and oxygen atoms in total. The number of aromatic hydroxyl groups is 6. The van der Waals surface area contributed by atoms with Gasteiger partial charge in [0.25, 0.3) is 0 Å². The first-order valence-corrected chi connectivity index (χ1v) is 8.93. The maximum atomic E-state index is 10.7. The van der Waals surface area contributed by atoms with Crippen molar-refractivity contribution in [2.45, 2.75) is 39.5 Å². The molecule has 0 spiro atoms. The van der Waals surface area contributed by atoms with Crippen LogP contribution < -0.4 is 10.2 Å². The quantitative estimate of drug-likeness (QED) is 0.245. The van der Waals surface area contributed by atoms with E-state index in [1.807, 2.05) is 0 Å². The monoisotopic (exact) mass is 480 g/mol. The number of benzene rings is 2. The van der Waals surface area contributed by atoms with E-state index in [-0.39, 0.29) is 51.6 Å². The van der Waals surface area contributed by atoms with Crippen LogP contribution in [-0.4, -0.2) is 42.6 Å². The third-order valence-corrected chi connectivity index (χ3v) is 4.16. The zero-order valence-corrected chi connectivity index (χ0v) is 17.6. The fraction of sp³-hybridized carbons (Fsp3) is 0.300. The van der Waals surface area contributed by atoms with Gasteiger partial charge >= 0.3 is 16.5 Å². The molecular weight excluding hydrogens is 459 g/mol. The van der Waals surface area contributed by atoms with Gasteiger partial charge in [-0.1, -0.05) is 26.7 Å². The Balaban J connectivity index is 0.000000562. The van der Waals surface area contributed by atoms with Crippen molar-refractivity contribution in [2.24, 2.45) is 0 Å². The first-order valence-electron chi connectivity index (χ1n) is 8.93. The second-order valence-corrected chi connectivity index (χ2v) is 6.31. The fourth-order valence-corrected chi connectivity index (χ4v) is 2.74. The van der Waals surface area contributed by atoms with E-state index in [1.165, 1.54) is 0 Å². The fourth-order valence-electron chi connectivity index (χ4n) is 2.74. The molecule has 0 radical (unpaired) electrons. The van der Waals surface area contributed by atoms with Gasteiger partial charge in [-0.25, -0.2) is 0 Å². The minimum atomic E-state index is -1.50. The zero-order valence-electron chi connectivity index (χ0n) is 16.6. The number of phenolic OH excluding ortho intramolecular Hbond substituents is 6. The molecule has 172 valence electrons. The maximum Gasteiger partial charge on any atom is 2.00 e. The van der Waals surface area contributed by atoms with E-state index in [9.17, 15) is 40.2 Å². The summed E-state index contributed by atoms with van der Waals surface area (Å²) in [6.45, 7) is 3.59. The molecule has 0 bridgehead atoms. The van der Waals surface area contributed by atoms with E-state index in [1.54, 1.807) is 13.8 Å². The van der Waals surface area contributed by atoms with Gasteiger partial charge in [0, 0.05) is 22.3 Å². The van der Waals surface area contributed by atoms with Crippen LogP contribution in [0.25, 0.3) is 0 Å². The zero-order chi connectivity index (χ0) is 23.2. The van der Waals surface area contributed by atoms with E-state index in [4.69, 9.17) is 10.2 Å². The molecule has 2 rings (SSSR count). The number of carboxylic acids is 2. The summed E-state index contributed by atoms with van der Waals surface area (Å²) in [7, 11) is 0. The molecule has 0 saturated heterocycles. The van der Waals surface area contributed by atoms with Gasteiger partial charge in [0.1, 0.15) is 0 Å². The van der Waals surface area contributed by atoms with Crippen molar-refractivity contribution in [3.63, 3.8) is 0 Å². The standard InChI is InChI=1S/2C10H12O5.Ni/c2*1-2-3-5-6(10(14)15)4-7(11)9(13)8(5)12;/h2*4,11-13H,2-3H2,1H3,(H,14,15);/q;;+2/p-2. The number of phenols is 6. The normalized spacial score (nSPS) is 9.87. The van der Waals surface area contributed by atoms with Crippen molar-refractivity contribution in [3.8, 4) is 34.5 Å². The van der Waals surface area contributed by atoms with Gasteiger partial charge in [0.2, 0.25) is 11.5 Å². The summed E-state index contributed by atoms with van der Waals surface area (Å²) in [6, 6.07) is 1.74. The molecule has 0 aromatic heterocycles. The second kappa shape index (κ2) is 11.8. The third-order valence-electron chi connectivity index (χ3n) is 4.16. The summed E-state index contributed by atoms with van der Waals surface area (Å²) >= 11 is 0. The molecule has 0 heterocycles. The Morgan fingerprint density at radius 1 is 0.677 bits per heavy atom. The second-order valence-electron chi connectivity index (χ2n) is 6.31. The number of carbonyl (C=O) groups excluding carboxylic acids is 2. The largest absolute Gasteiger partial charge is 2.00 e. The summed E-state index contributed by atoms with van der Waals surface area (Å²) in [5.41, 5.74) is -0.449. The van der Waals surface area contributed by atoms with Gasteiger partial charge in [-0.15, -0.1) is 0 Å². The maximum absolute atomic E-state index is 10.7. The van der Waals surface area contributed by atoms with Crippen LogP contribution in [0.2, 0.25) is 0 Å². The van der Waals surface area contributed by atoms with Crippen LogP contribution in [0, 0.1) is 0 Å². The van der Waals surface area contributed by atoms with Crippen molar-refractivity contribution in [1.29, 1.82) is 0 Å². The van der Waals surface area contributed by atoms with E-state index in [0.29, 0.717) is 12.8 Å². The first-order chi connectivity index (χ1) is 14.0. The van der Waals surface area contributed by atoms with Gasteiger partial charge in [-0.2, -0.15) is 0 Å². The number of rotatable bonds is 6. The Morgan fingerprint density at radius 3 is 1.19 bits per heavy atom. The number of hydrogen-bond donors (Lipinski definition) is 6. The van der Waals surface area contributed by atoms with Crippen LogP contribution in [0.3, 0.4) is 0 Å².